The summed E-state index contributed by atoms with van der Waals surface area (Å²) in [6.45, 7) is 7.88. The van der Waals surface area contributed by atoms with Crippen molar-refractivity contribution in [2.24, 2.45) is 0 Å². The predicted octanol–water partition coefficient (Wildman–Crippen LogP) is 1.56. The zero-order valence-corrected chi connectivity index (χ0v) is 12.8. The lowest BCUT2D eigenvalue weighted by atomic mass is 10.1. The molecule has 0 bridgehead atoms. The summed E-state index contributed by atoms with van der Waals surface area (Å²) in [5, 5.41) is 11.4. The van der Waals surface area contributed by atoms with Gasteiger partial charge in [0.1, 0.15) is 0 Å². The molecule has 0 heterocycles. The van der Waals surface area contributed by atoms with Gasteiger partial charge < -0.3 is 21.3 Å². The van der Waals surface area contributed by atoms with Gasteiger partial charge in [0.2, 0.25) is 0 Å². The van der Waals surface area contributed by atoms with E-state index in [1.54, 1.807) is 24.3 Å². The molecule has 1 aromatic rings. The van der Waals surface area contributed by atoms with E-state index < -0.39 is 0 Å². The standard InChI is InChI=1S/C15H24N4O2/c1-4-16-9-10-17-14(20)12-7-5-6-8-13(12)19-15(21)18-11(2)3/h5-8,11,16H,4,9-10H2,1-3H3,(H,17,20)(H2,18,19,21). The van der Waals surface area contributed by atoms with Gasteiger partial charge in [0.05, 0.1) is 11.3 Å². The van der Waals surface area contributed by atoms with Crippen molar-refractivity contribution in [3.63, 3.8) is 0 Å². The second-order valence-corrected chi connectivity index (χ2v) is 4.91. The van der Waals surface area contributed by atoms with E-state index in [9.17, 15) is 9.59 Å². The largest absolute Gasteiger partial charge is 0.351 e. The Hall–Kier alpha value is -2.08. The quantitative estimate of drug-likeness (QED) is 0.576. The molecule has 3 amide bonds. The maximum atomic E-state index is 12.1. The smallest absolute Gasteiger partial charge is 0.319 e. The number of para-hydroxylation sites is 1. The van der Waals surface area contributed by atoms with E-state index in [4.69, 9.17) is 0 Å². The lowest BCUT2D eigenvalue weighted by Gasteiger charge is -2.13. The van der Waals surface area contributed by atoms with E-state index in [1.807, 2.05) is 20.8 Å². The molecule has 0 aliphatic heterocycles. The Morgan fingerprint density at radius 1 is 1.14 bits per heavy atom. The molecular formula is C15H24N4O2. The molecule has 116 valence electrons. The summed E-state index contributed by atoms with van der Waals surface area (Å²) >= 11 is 0. The van der Waals surface area contributed by atoms with Crippen LogP contribution < -0.4 is 21.3 Å². The number of urea groups is 1. The molecule has 0 fully saturated rings. The SMILES string of the molecule is CCNCCNC(=O)c1ccccc1NC(=O)NC(C)C. The second-order valence-electron chi connectivity index (χ2n) is 4.91. The number of carbonyl (C=O) groups is 2. The second kappa shape index (κ2) is 8.97. The van der Waals surface area contributed by atoms with Gasteiger partial charge in [-0.15, -0.1) is 0 Å². The molecule has 0 spiro atoms. The summed E-state index contributed by atoms with van der Waals surface area (Å²) in [7, 11) is 0. The summed E-state index contributed by atoms with van der Waals surface area (Å²) in [5.74, 6) is -0.201. The number of anilines is 1. The molecule has 0 saturated heterocycles. The number of hydrogen-bond donors (Lipinski definition) is 4. The van der Waals surface area contributed by atoms with E-state index in [0.29, 0.717) is 24.3 Å². The molecule has 6 heteroatoms. The first-order chi connectivity index (χ1) is 10.0. The van der Waals surface area contributed by atoms with E-state index in [1.165, 1.54) is 0 Å². The highest BCUT2D eigenvalue weighted by Gasteiger charge is 2.12. The highest BCUT2D eigenvalue weighted by molar-refractivity contribution is 6.03. The van der Waals surface area contributed by atoms with Crippen LogP contribution in [-0.4, -0.2) is 37.6 Å². The molecule has 0 saturated carbocycles. The van der Waals surface area contributed by atoms with Crippen molar-refractivity contribution in [1.29, 1.82) is 0 Å². The van der Waals surface area contributed by atoms with Crippen molar-refractivity contribution in [3.8, 4) is 0 Å². The summed E-state index contributed by atoms with van der Waals surface area (Å²) in [6.07, 6.45) is 0. The lowest BCUT2D eigenvalue weighted by molar-refractivity contribution is 0.0955. The number of hydrogen-bond acceptors (Lipinski definition) is 3. The molecule has 1 aromatic carbocycles. The number of likely N-dealkylation sites (N-methyl/N-ethyl adjacent to an activating group) is 1. The van der Waals surface area contributed by atoms with Crippen LogP contribution in [0.2, 0.25) is 0 Å². The Balaban J connectivity index is 2.65. The lowest BCUT2D eigenvalue weighted by Crippen LogP contribution is -2.35. The Kier molecular flexibility index (Phi) is 7.25. The van der Waals surface area contributed by atoms with E-state index >= 15 is 0 Å². The van der Waals surface area contributed by atoms with Gasteiger partial charge in [0.15, 0.2) is 0 Å². The number of amides is 3. The van der Waals surface area contributed by atoms with Gasteiger partial charge in [-0.05, 0) is 32.5 Å². The third-order valence-corrected chi connectivity index (χ3v) is 2.68. The third kappa shape index (κ3) is 6.27. The fourth-order valence-electron chi connectivity index (χ4n) is 1.75. The van der Waals surface area contributed by atoms with Crippen LogP contribution in [0.1, 0.15) is 31.1 Å². The van der Waals surface area contributed by atoms with Gasteiger partial charge in [-0.3, -0.25) is 4.79 Å². The minimum Gasteiger partial charge on any atom is -0.351 e. The zero-order valence-electron chi connectivity index (χ0n) is 12.8. The molecule has 0 radical (unpaired) electrons. The van der Waals surface area contributed by atoms with Gasteiger partial charge in [-0.25, -0.2) is 4.79 Å². The molecule has 0 aliphatic rings. The zero-order chi connectivity index (χ0) is 15.7. The van der Waals surface area contributed by atoms with Gasteiger partial charge in [-0.2, -0.15) is 0 Å². The van der Waals surface area contributed by atoms with Gasteiger partial charge in [-0.1, -0.05) is 19.1 Å². The molecular weight excluding hydrogens is 268 g/mol. The molecule has 4 N–H and O–H groups in total. The van der Waals surface area contributed by atoms with Crippen molar-refractivity contribution in [2.75, 3.05) is 25.0 Å². The first kappa shape index (κ1) is 17.0. The van der Waals surface area contributed by atoms with Crippen molar-refractivity contribution in [1.82, 2.24) is 16.0 Å². The molecule has 0 unspecified atom stereocenters. The molecule has 0 aromatic heterocycles. The maximum Gasteiger partial charge on any atom is 0.319 e. The topological polar surface area (TPSA) is 82.3 Å². The number of benzene rings is 1. The Labute approximate surface area is 125 Å². The van der Waals surface area contributed by atoms with E-state index in [2.05, 4.69) is 21.3 Å². The Morgan fingerprint density at radius 3 is 2.52 bits per heavy atom. The summed E-state index contributed by atoms with van der Waals surface area (Å²) in [6, 6.07) is 6.65. The van der Waals surface area contributed by atoms with Gasteiger partial charge in [0.25, 0.3) is 5.91 Å². The van der Waals surface area contributed by atoms with Gasteiger partial charge in [0, 0.05) is 19.1 Å². The van der Waals surface area contributed by atoms with E-state index in [-0.39, 0.29) is 18.0 Å². The Morgan fingerprint density at radius 2 is 1.86 bits per heavy atom. The number of rotatable bonds is 7. The summed E-state index contributed by atoms with van der Waals surface area (Å²) in [5.41, 5.74) is 0.949. The van der Waals surface area contributed by atoms with Gasteiger partial charge >= 0.3 is 6.03 Å². The van der Waals surface area contributed by atoms with Crippen molar-refractivity contribution < 1.29 is 9.59 Å². The highest BCUT2D eigenvalue weighted by Crippen LogP contribution is 2.14. The Bertz CT molecular complexity index is 474. The molecule has 0 atom stereocenters. The summed E-state index contributed by atoms with van der Waals surface area (Å²) in [4.78, 5) is 23.9. The van der Waals surface area contributed by atoms with Crippen LogP contribution in [-0.2, 0) is 0 Å². The fourth-order valence-corrected chi connectivity index (χ4v) is 1.75. The van der Waals surface area contributed by atoms with Crippen LogP contribution in [0.15, 0.2) is 24.3 Å². The van der Waals surface area contributed by atoms with Crippen molar-refractivity contribution >= 4 is 17.6 Å². The third-order valence-electron chi connectivity index (χ3n) is 2.68. The van der Waals surface area contributed by atoms with Crippen molar-refractivity contribution in [2.45, 2.75) is 26.8 Å². The normalized spacial score (nSPS) is 10.3. The minimum absolute atomic E-state index is 0.0334. The summed E-state index contributed by atoms with van der Waals surface area (Å²) < 4.78 is 0. The first-order valence-corrected chi connectivity index (χ1v) is 7.20. The van der Waals surface area contributed by atoms with Crippen LogP contribution in [0, 0.1) is 0 Å². The number of carbonyl (C=O) groups excluding carboxylic acids is 2. The van der Waals surface area contributed by atoms with Crippen LogP contribution in [0.25, 0.3) is 0 Å². The van der Waals surface area contributed by atoms with E-state index in [0.717, 1.165) is 6.54 Å². The fraction of sp³-hybridized carbons (Fsp3) is 0.467. The molecule has 21 heavy (non-hydrogen) atoms. The van der Waals surface area contributed by atoms with Crippen LogP contribution in [0.5, 0.6) is 0 Å². The number of nitrogens with one attached hydrogen (secondary N) is 4. The first-order valence-electron chi connectivity index (χ1n) is 7.20. The molecule has 6 nitrogen and oxygen atoms in total. The predicted molar refractivity (Wildman–Crippen MR) is 84.6 cm³/mol. The van der Waals surface area contributed by atoms with Crippen LogP contribution >= 0.6 is 0 Å². The van der Waals surface area contributed by atoms with Crippen LogP contribution in [0.4, 0.5) is 10.5 Å². The van der Waals surface area contributed by atoms with Crippen molar-refractivity contribution in [3.05, 3.63) is 29.8 Å². The maximum absolute atomic E-state index is 12.1. The van der Waals surface area contributed by atoms with Crippen LogP contribution in [0.3, 0.4) is 0 Å². The minimum atomic E-state index is -0.321. The molecule has 0 aliphatic carbocycles. The highest BCUT2D eigenvalue weighted by atomic mass is 16.2. The average Bonchev–Trinajstić information content (AvgIpc) is 2.43. The average molecular weight is 292 g/mol. The monoisotopic (exact) mass is 292 g/mol. The molecule has 1 rings (SSSR count).